The standard InChI is InChI=1S/C10H11F2N5O3/c11-4-3(1-18)20-9(6(4)19)17-2-14-5-7(13)15-10(12)16-8(5)17/h2-4,6,9,18-19H,1H2,(H2,13,15,16)/t3-,4-,6-,9-/m1/s1. The predicted molar refractivity (Wildman–Crippen MR) is 61.6 cm³/mol. The van der Waals surface area contributed by atoms with Crippen LogP contribution >= 0.6 is 0 Å². The Balaban J connectivity index is 2.07. The quantitative estimate of drug-likeness (QED) is 0.614. The van der Waals surface area contributed by atoms with Gasteiger partial charge in [0.1, 0.15) is 12.2 Å². The molecule has 1 aliphatic rings. The van der Waals surface area contributed by atoms with Gasteiger partial charge in [0.2, 0.25) is 0 Å². The van der Waals surface area contributed by atoms with Gasteiger partial charge in [0.25, 0.3) is 0 Å². The SMILES string of the molecule is Nc1nc(F)nc2c1ncn2[C@@H]1O[C@H](CO)[C@@H](F)[C@H]1O. The van der Waals surface area contributed by atoms with Crippen LogP contribution in [0.15, 0.2) is 6.33 Å². The molecule has 20 heavy (non-hydrogen) atoms. The minimum atomic E-state index is -1.77. The van der Waals surface area contributed by atoms with Gasteiger partial charge in [-0.05, 0) is 0 Å². The molecule has 0 radical (unpaired) electrons. The van der Waals surface area contributed by atoms with Crippen molar-refractivity contribution in [2.45, 2.75) is 24.6 Å². The fourth-order valence-corrected chi connectivity index (χ4v) is 2.18. The molecule has 0 bridgehead atoms. The van der Waals surface area contributed by atoms with E-state index in [-0.39, 0.29) is 17.0 Å². The average Bonchev–Trinajstić information content (AvgIpc) is 2.93. The zero-order valence-corrected chi connectivity index (χ0v) is 10.0. The molecular weight excluding hydrogens is 276 g/mol. The van der Waals surface area contributed by atoms with E-state index in [1.807, 2.05) is 0 Å². The molecule has 2 aromatic rings. The highest BCUT2D eigenvalue weighted by Crippen LogP contribution is 2.33. The number of rotatable bonds is 2. The molecule has 4 N–H and O–H groups in total. The number of imidazole rings is 1. The Hall–Kier alpha value is -1.91. The number of hydrogen-bond donors (Lipinski definition) is 3. The van der Waals surface area contributed by atoms with E-state index in [1.54, 1.807) is 0 Å². The molecule has 10 heteroatoms. The lowest BCUT2D eigenvalue weighted by Gasteiger charge is -2.16. The smallest absolute Gasteiger partial charge is 0.312 e. The van der Waals surface area contributed by atoms with Gasteiger partial charge in [0.15, 0.2) is 29.4 Å². The minimum Gasteiger partial charge on any atom is -0.394 e. The molecule has 0 spiro atoms. The summed E-state index contributed by atoms with van der Waals surface area (Å²) in [4.78, 5) is 10.7. The zero-order valence-electron chi connectivity index (χ0n) is 10.0. The maximum absolute atomic E-state index is 13.7. The summed E-state index contributed by atoms with van der Waals surface area (Å²) in [6.45, 7) is -0.590. The van der Waals surface area contributed by atoms with Crippen molar-refractivity contribution in [2.24, 2.45) is 0 Å². The van der Waals surface area contributed by atoms with E-state index in [1.165, 1.54) is 6.33 Å². The van der Waals surface area contributed by atoms with E-state index in [4.69, 9.17) is 15.6 Å². The number of hydrogen-bond acceptors (Lipinski definition) is 7. The first-order valence-corrected chi connectivity index (χ1v) is 5.77. The van der Waals surface area contributed by atoms with Crippen LogP contribution in [0.3, 0.4) is 0 Å². The highest BCUT2D eigenvalue weighted by molar-refractivity contribution is 5.81. The second kappa shape index (κ2) is 4.58. The van der Waals surface area contributed by atoms with E-state index in [9.17, 15) is 13.9 Å². The van der Waals surface area contributed by atoms with E-state index in [0.29, 0.717) is 0 Å². The summed E-state index contributed by atoms with van der Waals surface area (Å²) < 4.78 is 33.2. The molecule has 0 aliphatic carbocycles. The Morgan fingerprint density at radius 1 is 1.45 bits per heavy atom. The van der Waals surface area contributed by atoms with Crippen molar-refractivity contribution in [1.82, 2.24) is 19.5 Å². The van der Waals surface area contributed by atoms with Crippen molar-refractivity contribution in [3.05, 3.63) is 12.4 Å². The second-order valence-corrected chi connectivity index (χ2v) is 4.38. The molecule has 1 fully saturated rings. The lowest BCUT2D eigenvalue weighted by atomic mass is 10.1. The topological polar surface area (TPSA) is 119 Å². The summed E-state index contributed by atoms with van der Waals surface area (Å²) in [5.74, 6) is -0.172. The first-order valence-electron chi connectivity index (χ1n) is 5.77. The first kappa shape index (κ1) is 13.1. The molecular formula is C10H11F2N5O3. The van der Waals surface area contributed by atoms with Crippen LogP contribution in [-0.2, 0) is 4.74 Å². The highest BCUT2D eigenvalue weighted by Gasteiger charge is 2.45. The molecule has 1 aliphatic heterocycles. The van der Waals surface area contributed by atoms with Crippen LogP contribution < -0.4 is 5.73 Å². The fraction of sp³-hybridized carbons (Fsp3) is 0.500. The molecule has 3 rings (SSSR count). The van der Waals surface area contributed by atoms with Crippen LogP contribution in [0.5, 0.6) is 0 Å². The number of nitrogen functional groups attached to an aromatic ring is 1. The van der Waals surface area contributed by atoms with Gasteiger partial charge in [-0.3, -0.25) is 4.57 Å². The van der Waals surface area contributed by atoms with Crippen LogP contribution in [0.25, 0.3) is 11.2 Å². The summed E-state index contributed by atoms with van der Waals surface area (Å²) in [5, 5.41) is 18.8. The molecule has 0 unspecified atom stereocenters. The summed E-state index contributed by atoms with van der Waals surface area (Å²) in [6, 6.07) is 0. The van der Waals surface area contributed by atoms with Crippen LogP contribution in [0, 0.1) is 6.08 Å². The van der Waals surface area contributed by atoms with Gasteiger partial charge in [-0.2, -0.15) is 14.4 Å². The van der Waals surface area contributed by atoms with Crippen molar-refractivity contribution >= 4 is 17.0 Å². The largest absolute Gasteiger partial charge is 0.394 e. The first-order chi connectivity index (χ1) is 9.52. The molecule has 108 valence electrons. The van der Waals surface area contributed by atoms with Gasteiger partial charge in [0.05, 0.1) is 12.9 Å². The van der Waals surface area contributed by atoms with E-state index in [2.05, 4.69) is 15.0 Å². The van der Waals surface area contributed by atoms with E-state index < -0.39 is 37.3 Å². The molecule has 0 aromatic carbocycles. The third kappa shape index (κ3) is 1.80. The van der Waals surface area contributed by atoms with Crippen molar-refractivity contribution < 1.29 is 23.7 Å². The van der Waals surface area contributed by atoms with Crippen LogP contribution in [0.1, 0.15) is 6.23 Å². The monoisotopic (exact) mass is 287 g/mol. The molecule has 4 atom stereocenters. The normalized spacial score (nSPS) is 30.2. The molecule has 1 saturated heterocycles. The van der Waals surface area contributed by atoms with Crippen LogP contribution in [0.2, 0.25) is 0 Å². The summed E-state index contributed by atoms with van der Waals surface area (Å²) in [5.41, 5.74) is 5.59. The molecule has 8 nitrogen and oxygen atoms in total. The number of alkyl halides is 1. The van der Waals surface area contributed by atoms with Crippen molar-refractivity contribution in [3.63, 3.8) is 0 Å². The molecule has 2 aromatic heterocycles. The summed E-state index contributed by atoms with van der Waals surface area (Å²) in [6.07, 6.45) is -5.54. The third-order valence-corrected chi connectivity index (χ3v) is 3.16. The number of aliphatic hydroxyl groups excluding tert-OH is 2. The number of aliphatic hydroxyl groups is 2. The van der Waals surface area contributed by atoms with E-state index >= 15 is 0 Å². The molecule has 0 amide bonds. The Morgan fingerprint density at radius 3 is 2.85 bits per heavy atom. The van der Waals surface area contributed by atoms with Gasteiger partial charge in [-0.25, -0.2) is 9.37 Å². The predicted octanol–water partition coefficient (Wildman–Crippen LogP) is -0.864. The van der Waals surface area contributed by atoms with Gasteiger partial charge >= 0.3 is 6.08 Å². The number of aromatic nitrogens is 4. The maximum atomic E-state index is 13.7. The number of nitrogens with zero attached hydrogens (tertiary/aromatic N) is 4. The van der Waals surface area contributed by atoms with Crippen molar-refractivity contribution in [3.8, 4) is 0 Å². The number of fused-ring (bicyclic) bond motifs is 1. The average molecular weight is 287 g/mol. The number of nitrogens with two attached hydrogens (primary N) is 1. The Bertz CT molecular complexity index is 651. The minimum absolute atomic E-state index is 0.0233. The Labute approximate surface area is 110 Å². The number of halogens is 2. The summed E-state index contributed by atoms with van der Waals surface area (Å²) in [7, 11) is 0. The third-order valence-electron chi connectivity index (χ3n) is 3.16. The Morgan fingerprint density at radius 2 is 2.20 bits per heavy atom. The lowest BCUT2D eigenvalue weighted by Crippen LogP contribution is -2.29. The van der Waals surface area contributed by atoms with Gasteiger partial charge in [0, 0.05) is 0 Å². The second-order valence-electron chi connectivity index (χ2n) is 4.38. The van der Waals surface area contributed by atoms with Gasteiger partial charge < -0.3 is 20.7 Å². The maximum Gasteiger partial charge on any atom is 0.312 e. The van der Waals surface area contributed by atoms with Gasteiger partial charge in [-0.15, -0.1) is 0 Å². The fourth-order valence-electron chi connectivity index (χ4n) is 2.18. The zero-order chi connectivity index (χ0) is 14.4. The van der Waals surface area contributed by atoms with E-state index in [0.717, 1.165) is 4.57 Å². The summed E-state index contributed by atoms with van der Waals surface area (Å²) >= 11 is 0. The molecule has 0 saturated carbocycles. The lowest BCUT2D eigenvalue weighted by molar-refractivity contribution is -0.0495. The van der Waals surface area contributed by atoms with Crippen LogP contribution in [0.4, 0.5) is 14.6 Å². The Kier molecular flexibility index (Phi) is 3.00. The number of anilines is 1. The highest BCUT2D eigenvalue weighted by atomic mass is 19.1. The molecule has 3 heterocycles. The van der Waals surface area contributed by atoms with Gasteiger partial charge in [-0.1, -0.05) is 0 Å². The van der Waals surface area contributed by atoms with Crippen LogP contribution in [-0.4, -0.2) is 54.7 Å². The van der Waals surface area contributed by atoms with Crippen molar-refractivity contribution in [2.75, 3.05) is 12.3 Å². The van der Waals surface area contributed by atoms with Crippen molar-refractivity contribution in [1.29, 1.82) is 0 Å². The number of ether oxygens (including phenoxy) is 1.